The summed E-state index contributed by atoms with van der Waals surface area (Å²) in [5, 5.41) is 9.06. The van der Waals surface area contributed by atoms with Crippen LogP contribution in [0, 0.1) is 5.92 Å². The second-order valence-corrected chi connectivity index (χ2v) is 12.4. The van der Waals surface area contributed by atoms with Gasteiger partial charge in [-0.1, -0.05) is 48.5 Å². The molecule has 0 aromatic carbocycles. The van der Waals surface area contributed by atoms with E-state index in [4.69, 9.17) is 14.3 Å². The third-order valence-electron chi connectivity index (χ3n) is 4.67. The molecule has 0 bridgehead atoms. The molecule has 1 aliphatic heterocycles. The van der Waals surface area contributed by atoms with Crippen LogP contribution < -0.4 is 0 Å². The molecule has 1 aliphatic rings. The summed E-state index contributed by atoms with van der Waals surface area (Å²) in [6, 6.07) is 0. The molecule has 0 radical (unpaired) electrons. The van der Waals surface area contributed by atoms with Crippen LogP contribution in [0.4, 0.5) is 0 Å². The van der Waals surface area contributed by atoms with Gasteiger partial charge in [-0.15, -0.1) is 0 Å². The van der Waals surface area contributed by atoms with Crippen molar-refractivity contribution < 1.29 is 14.3 Å². The Morgan fingerprint density at radius 1 is 1.00 bits per heavy atom. The van der Waals surface area contributed by atoms with Crippen LogP contribution in [0.1, 0.15) is 48.5 Å². The Labute approximate surface area is 119 Å². The highest BCUT2D eigenvalue weighted by Crippen LogP contribution is 2.43. The van der Waals surface area contributed by atoms with Gasteiger partial charge in [0, 0.05) is 12.5 Å². The lowest BCUT2D eigenvalue weighted by Gasteiger charge is -2.42. The van der Waals surface area contributed by atoms with Crippen LogP contribution in [-0.4, -0.2) is 38.8 Å². The molecule has 1 heterocycles. The first-order chi connectivity index (χ1) is 8.77. The van der Waals surface area contributed by atoms with Crippen LogP contribution in [-0.2, 0) is 9.16 Å². The summed E-state index contributed by atoms with van der Waals surface area (Å²) in [6.45, 7) is 16.9. The molecular formula is C15H32O3Si. The summed E-state index contributed by atoms with van der Waals surface area (Å²) in [5.74, 6) is 0.375. The highest BCUT2D eigenvalue weighted by Gasteiger charge is 2.47. The maximum absolute atomic E-state index is 9.06. The quantitative estimate of drug-likeness (QED) is 0.548. The van der Waals surface area contributed by atoms with Crippen LogP contribution in [0.5, 0.6) is 0 Å². The van der Waals surface area contributed by atoms with Gasteiger partial charge in [-0.3, -0.25) is 0 Å². The van der Waals surface area contributed by atoms with E-state index in [0.29, 0.717) is 22.5 Å². The molecule has 0 saturated carbocycles. The number of aliphatic hydroxyl groups is 1. The zero-order chi connectivity index (χ0) is 14.8. The minimum absolute atomic E-state index is 0.0480. The first-order valence-electron chi connectivity index (χ1n) is 7.67. The molecule has 0 amide bonds. The van der Waals surface area contributed by atoms with E-state index in [0.717, 1.165) is 6.61 Å². The lowest BCUT2D eigenvalue weighted by atomic mass is 10.1. The standard InChI is InChI=1S/C15H32O3Si/c1-10(2)19(11(3)4,12(5)6)17-9-13(7)15-14(8-16)18-15/h10-16H,8-9H2,1-7H3/t13-,14+,15-/m1/s1. The highest BCUT2D eigenvalue weighted by molar-refractivity contribution is 6.77. The van der Waals surface area contributed by atoms with Crippen molar-refractivity contribution in [2.75, 3.05) is 13.2 Å². The van der Waals surface area contributed by atoms with Gasteiger partial charge in [0.05, 0.1) is 12.7 Å². The molecule has 0 unspecified atom stereocenters. The van der Waals surface area contributed by atoms with Gasteiger partial charge < -0.3 is 14.3 Å². The van der Waals surface area contributed by atoms with Crippen molar-refractivity contribution in [2.45, 2.75) is 77.3 Å². The normalized spacial score (nSPS) is 25.4. The molecule has 0 spiro atoms. The van der Waals surface area contributed by atoms with Gasteiger partial charge in [0.15, 0.2) is 8.32 Å². The molecule has 114 valence electrons. The molecule has 1 fully saturated rings. The average Bonchev–Trinajstić information content (AvgIpc) is 3.07. The van der Waals surface area contributed by atoms with Crippen molar-refractivity contribution in [3.05, 3.63) is 0 Å². The number of ether oxygens (including phenoxy) is 1. The van der Waals surface area contributed by atoms with Gasteiger partial charge in [0.1, 0.15) is 6.10 Å². The fourth-order valence-corrected chi connectivity index (χ4v) is 9.23. The van der Waals surface area contributed by atoms with Crippen LogP contribution in [0.15, 0.2) is 0 Å². The summed E-state index contributed by atoms with van der Waals surface area (Å²) in [6.07, 6.45) is 0.245. The van der Waals surface area contributed by atoms with Crippen molar-refractivity contribution in [1.82, 2.24) is 0 Å². The van der Waals surface area contributed by atoms with Gasteiger partial charge in [-0.05, 0) is 16.6 Å². The van der Waals surface area contributed by atoms with E-state index in [1.54, 1.807) is 0 Å². The molecular weight excluding hydrogens is 256 g/mol. The van der Waals surface area contributed by atoms with Crippen molar-refractivity contribution in [3.63, 3.8) is 0 Å². The number of hydrogen-bond donors (Lipinski definition) is 1. The minimum atomic E-state index is -1.76. The molecule has 0 aromatic rings. The molecule has 0 aliphatic carbocycles. The molecule has 0 aromatic heterocycles. The van der Waals surface area contributed by atoms with E-state index in [1.807, 2.05) is 0 Å². The third kappa shape index (κ3) is 3.60. The number of hydrogen-bond acceptors (Lipinski definition) is 3. The van der Waals surface area contributed by atoms with Crippen molar-refractivity contribution >= 4 is 8.32 Å². The SMILES string of the molecule is CC(C)[Si](OC[C@@H](C)[C@H]1O[C@H]1CO)(C(C)C)C(C)C. The first kappa shape index (κ1) is 17.1. The number of epoxide rings is 1. The Hall–Kier alpha value is 0.0969. The van der Waals surface area contributed by atoms with Gasteiger partial charge >= 0.3 is 0 Å². The molecule has 3 atom stereocenters. The largest absolute Gasteiger partial charge is 0.416 e. The van der Waals surface area contributed by atoms with E-state index in [-0.39, 0.29) is 18.8 Å². The van der Waals surface area contributed by atoms with E-state index in [9.17, 15) is 0 Å². The second kappa shape index (κ2) is 6.70. The lowest BCUT2D eigenvalue weighted by Crippen LogP contribution is -2.48. The third-order valence-corrected chi connectivity index (χ3v) is 10.7. The number of rotatable bonds is 8. The fourth-order valence-electron chi connectivity index (χ4n) is 3.67. The van der Waals surface area contributed by atoms with Gasteiger partial charge in [-0.25, -0.2) is 0 Å². The van der Waals surface area contributed by atoms with Crippen LogP contribution in [0.25, 0.3) is 0 Å². The molecule has 1 rings (SSSR count). The van der Waals surface area contributed by atoms with E-state index in [1.165, 1.54) is 0 Å². The zero-order valence-corrected chi connectivity index (χ0v) is 14.6. The Kier molecular flexibility index (Phi) is 6.05. The summed E-state index contributed by atoms with van der Waals surface area (Å²) >= 11 is 0. The predicted octanol–water partition coefficient (Wildman–Crippen LogP) is 3.57. The van der Waals surface area contributed by atoms with Crippen molar-refractivity contribution in [1.29, 1.82) is 0 Å². The van der Waals surface area contributed by atoms with Crippen LogP contribution in [0.3, 0.4) is 0 Å². The molecule has 1 saturated heterocycles. The van der Waals surface area contributed by atoms with Crippen molar-refractivity contribution in [3.8, 4) is 0 Å². The second-order valence-electron chi connectivity index (χ2n) is 6.93. The van der Waals surface area contributed by atoms with Gasteiger partial charge in [0.25, 0.3) is 0 Å². The molecule has 3 nitrogen and oxygen atoms in total. The fraction of sp³-hybridized carbons (Fsp3) is 1.00. The molecule has 19 heavy (non-hydrogen) atoms. The minimum Gasteiger partial charge on any atom is -0.416 e. The molecule has 4 heteroatoms. The van der Waals surface area contributed by atoms with Crippen LogP contribution >= 0.6 is 0 Å². The smallest absolute Gasteiger partial charge is 0.200 e. The summed E-state index contributed by atoms with van der Waals surface area (Å²) < 4.78 is 12.0. The number of aliphatic hydroxyl groups excluding tert-OH is 1. The maximum atomic E-state index is 9.06. The Balaban J connectivity index is 2.63. The lowest BCUT2D eigenvalue weighted by molar-refractivity contribution is 0.198. The van der Waals surface area contributed by atoms with E-state index in [2.05, 4.69) is 48.5 Å². The van der Waals surface area contributed by atoms with Crippen molar-refractivity contribution in [2.24, 2.45) is 5.92 Å². The van der Waals surface area contributed by atoms with E-state index >= 15 is 0 Å². The Bertz CT molecular complexity index is 257. The average molecular weight is 289 g/mol. The topological polar surface area (TPSA) is 42.0 Å². The Morgan fingerprint density at radius 3 is 1.79 bits per heavy atom. The zero-order valence-electron chi connectivity index (χ0n) is 13.6. The Morgan fingerprint density at radius 2 is 1.47 bits per heavy atom. The molecule has 1 N–H and O–H groups in total. The van der Waals surface area contributed by atoms with Gasteiger partial charge in [-0.2, -0.15) is 0 Å². The summed E-state index contributed by atoms with van der Waals surface area (Å²) in [5.41, 5.74) is 1.86. The first-order valence-corrected chi connectivity index (χ1v) is 9.81. The predicted molar refractivity (Wildman–Crippen MR) is 81.9 cm³/mol. The highest BCUT2D eigenvalue weighted by atomic mass is 28.4. The monoisotopic (exact) mass is 288 g/mol. The van der Waals surface area contributed by atoms with Crippen LogP contribution in [0.2, 0.25) is 16.6 Å². The maximum Gasteiger partial charge on any atom is 0.200 e. The summed E-state index contributed by atoms with van der Waals surface area (Å²) in [4.78, 5) is 0. The van der Waals surface area contributed by atoms with E-state index < -0.39 is 8.32 Å². The van der Waals surface area contributed by atoms with Gasteiger partial charge in [0.2, 0.25) is 0 Å². The summed E-state index contributed by atoms with van der Waals surface area (Å²) in [7, 11) is -1.76.